The number of benzene rings is 3. The fourth-order valence-electron chi connectivity index (χ4n) is 4.27. The van der Waals surface area contributed by atoms with E-state index in [2.05, 4.69) is 15.3 Å². The minimum Gasteiger partial charge on any atom is -0.478 e. The maximum atomic E-state index is 12.9. The minimum atomic E-state index is -1.71. The number of hydrogen-bond acceptors (Lipinski definition) is 6. The van der Waals surface area contributed by atoms with E-state index < -0.39 is 30.2 Å². The molecule has 8 heteroatoms. The molecule has 1 atom stereocenters. The van der Waals surface area contributed by atoms with E-state index in [1.807, 2.05) is 42.5 Å². The van der Waals surface area contributed by atoms with Crippen LogP contribution in [-0.2, 0) is 26.5 Å². The van der Waals surface area contributed by atoms with Crippen molar-refractivity contribution in [3.05, 3.63) is 125 Å². The fourth-order valence-corrected chi connectivity index (χ4v) is 4.27. The molecule has 0 aliphatic carbocycles. The summed E-state index contributed by atoms with van der Waals surface area (Å²) in [6, 6.07) is 28.9. The van der Waals surface area contributed by atoms with Crippen molar-refractivity contribution < 1.29 is 24.2 Å². The maximum Gasteiger partial charge on any atom is 0.348 e. The number of amides is 1. The van der Waals surface area contributed by atoms with Crippen molar-refractivity contribution in [1.29, 1.82) is 0 Å². The van der Waals surface area contributed by atoms with E-state index in [1.165, 1.54) is 0 Å². The van der Waals surface area contributed by atoms with E-state index in [0.717, 1.165) is 5.56 Å². The standard InChI is InChI=1S/C30H29N3O5/c1-21-18-22(2)33-29(32-21)38-27(28(35)36)30(24-14-8-4-9-15-24,25-16-10-5-11-17-25)37-20-26(34)31-19-23-12-6-3-7-13-23/h3-18,27H,19-20H2,1-2H3,(H,31,34)(H,35,36). The lowest BCUT2D eigenvalue weighted by Gasteiger charge is -2.38. The van der Waals surface area contributed by atoms with E-state index >= 15 is 0 Å². The average Bonchev–Trinajstić information content (AvgIpc) is 2.92. The van der Waals surface area contributed by atoms with Crippen LogP contribution in [0.2, 0.25) is 0 Å². The van der Waals surface area contributed by atoms with Gasteiger partial charge in [-0.1, -0.05) is 91.0 Å². The topological polar surface area (TPSA) is 111 Å². The molecule has 8 nitrogen and oxygen atoms in total. The van der Waals surface area contributed by atoms with E-state index in [4.69, 9.17) is 9.47 Å². The second-order valence-corrected chi connectivity index (χ2v) is 8.79. The van der Waals surface area contributed by atoms with Crippen LogP contribution in [0.1, 0.15) is 28.1 Å². The Morgan fingerprint density at radius 1 is 0.842 bits per heavy atom. The predicted octanol–water partition coefficient (Wildman–Crippen LogP) is 4.20. The number of ether oxygens (including phenoxy) is 2. The Kier molecular flexibility index (Phi) is 8.45. The van der Waals surface area contributed by atoms with E-state index in [-0.39, 0.29) is 6.01 Å². The van der Waals surface area contributed by atoms with Crippen LogP contribution in [0.25, 0.3) is 0 Å². The number of carbonyl (C=O) groups excluding carboxylic acids is 1. The van der Waals surface area contributed by atoms with E-state index in [9.17, 15) is 14.7 Å². The van der Waals surface area contributed by atoms with Gasteiger partial charge < -0.3 is 19.9 Å². The molecule has 194 valence electrons. The maximum absolute atomic E-state index is 12.9. The Bertz CT molecular complexity index is 1310. The molecule has 0 aliphatic rings. The van der Waals surface area contributed by atoms with Crippen LogP contribution < -0.4 is 10.1 Å². The number of aromatic nitrogens is 2. The third-order valence-electron chi connectivity index (χ3n) is 5.95. The number of aliphatic carboxylic acids is 1. The number of aryl methyl sites for hydroxylation is 2. The van der Waals surface area contributed by atoms with Gasteiger partial charge >= 0.3 is 12.0 Å². The predicted molar refractivity (Wildman–Crippen MR) is 141 cm³/mol. The summed E-state index contributed by atoms with van der Waals surface area (Å²) in [6.45, 7) is 3.43. The number of rotatable bonds is 11. The van der Waals surface area contributed by atoms with Gasteiger partial charge in [0.2, 0.25) is 12.0 Å². The first-order valence-electron chi connectivity index (χ1n) is 12.2. The third kappa shape index (κ3) is 6.22. The lowest BCUT2D eigenvalue weighted by atomic mass is 9.81. The molecule has 0 saturated carbocycles. The second-order valence-electron chi connectivity index (χ2n) is 8.79. The number of carboxylic acids is 1. The van der Waals surface area contributed by atoms with Crippen LogP contribution in [0.4, 0.5) is 0 Å². The van der Waals surface area contributed by atoms with Crippen LogP contribution in [0.3, 0.4) is 0 Å². The van der Waals surface area contributed by atoms with Crippen molar-refractivity contribution in [2.45, 2.75) is 32.1 Å². The Balaban J connectivity index is 1.75. The summed E-state index contributed by atoms with van der Waals surface area (Å²) in [4.78, 5) is 34.3. The van der Waals surface area contributed by atoms with Gasteiger partial charge in [-0.15, -0.1) is 0 Å². The van der Waals surface area contributed by atoms with Crippen molar-refractivity contribution in [1.82, 2.24) is 15.3 Å². The third-order valence-corrected chi connectivity index (χ3v) is 5.95. The molecular weight excluding hydrogens is 482 g/mol. The van der Waals surface area contributed by atoms with Gasteiger partial charge in [-0.25, -0.2) is 14.8 Å². The molecule has 38 heavy (non-hydrogen) atoms. The first-order chi connectivity index (χ1) is 18.4. The molecule has 0 fully saturated rings. The van der Waals surface area contributed by atoms with Gasteiger partial charge in [0.05, 0.1) is 0 Å². The van der Waals surface area contributed by atoms with Crippen LogP contribution in [0, 0.1) is 13.8 Å². The number of nitrogens with zero attached hydrogens (tertiary/aromatic N) is 2. The number of hydrogen-bond donors (Lipinski definition) is 2. The number of nitrogens with one attached hydrogen (secondary N) is 1. The fraction of sp³-hybridized carbons (Fsp3) is 0.200. The van der Waals surface area contributed by atoms with Gasteiger partial charge in [0.15, 0.2) is 5.60 Å². The van der Waals surface area contributed by atoms with Crippen molar-refractivity contribution >= 4 is 11.9 Å². The normalized spacial score (nSPS) is 11.9. The minimum absolute atomic E-state index is 0.0942. The molecule has 1 heterocycles. The van der Waals surface area contributed by atoms with Crippen molar-refractivity contribution in [2.75, 3.05) is 6.61 Å². The molecule has 1 unspecified atom stereocenters. The van der Waals surface area contributed by atoms with E-state index in [0.29, 0.717) is 29.1 Å². The lowest BCUT2D eigenvalue weighted by Crippen LogP contribution is -2.52. The van der Waals surface area contributed by atoms with Crippen LogP contribution in [0.15, 0.2) is 97.1 Å². The summed E-state index contributed by atoms with van der Waals surface area (Å²) in [5, 5.41) is 13.3. The Labute approximate surface area is 221 Å². The van der Waals surface area contributed by atoms with Gasteiger partial charge in [-0.3, -0.25) is 4.79 Å². The highest BCUT2D eigenvalue weighted by Gasteiger charge is 2.50. The lowest BCUT2D eigenvalue weighted by molar-refractivity contribution is -0.167. The Morgan fingerprint density at radius 3 is 1.84 bits per heavy atom. The molecule has 2 N–H and O–H groups in total. The molecule has 0 spiro atoms. The number of carboxylic acid groups (broad SMARTS) is 1. The van der Waals surface area contributed by atoms with Crippen LogP contribution >= 0.6 is 0 Å². The van der Waals surface area contributed by atoms with Crippen molar-refractivity contribution in [2.24, 2.45) is 0 Å². The molecule has 1 aromatic heterocycles. The summed E-state index contributed by atoms with van der Waals surface area (Å²) >= 11 is 0. The summed E-state index contributed by atoms with van der Waals surface area (Å²) < 4.78 is 12.3. The molecule has 1 amide bonds. The molecule has 0 bridgehead atoms. The van der Waals surface area contributed by atoms with Gasteiger partial charge in [0, 0.05) is 17.9 Å². The van der Waals surface area contributed by atoms with Crippen LogP contribution in [0.5, 0.6) is 6.01 Å². The zero-order valence-electron chi connectivity index (χ0n) is 21.2. The van der Waals surface area contributed by atoms with Crippen molar-refractivity contribution in [3.8, 4) is 6.01 Å². The second kappa shape index (κ2) is 12.1. The summed E-state index contributed by atoms with van der Waals surface area (Å²) in [5.74, 6) is -1.71. The molecule has 4 aromatic rings. The van der Waals surface area contributed by atoms with Gasteiger partial charge in [-0.2, -0.15) is 0 Å². The molecular formula is C30H29N3O5. The zero-order chi connectivity index (χ0) is 27.0. The molecule has 3 aromatic carbocycles. The SMILES string of the molecule is Cc1cc(C)nc(OC(C(=O)O)C(OCC(=O)NCc2ccccc2)(c2ccccc2)c2ccccc2)n1. The molecule has 4 rings (SSSR count). The highest BCUT2D eigenvalue weighted by molar-refractivity contribution is 5.78. The largest absolute Gasteiger partial charge is 0.478 e. The highest BCUT2D eigenvalue weighted by Crippen LogP contribution is 2.39. The smallest absolute Gasteiger partial charge is 0.348 e. The summed E-state index contributed by atoms with van der Waals surface area (Å²) in [7, 11) is 0. The van der Waals surface area contributed by atoms with Crippen molar-refractivity contribution in [3.63, 3.8) is 0 Å². The molecule has 0 radical (unpaired) electrons. The van der Waals surface area contributed by atoms with E-state index in [1.54, 1.807) is 68.4 Å². The molecule has 0 saturated heterocycles. The van der Waals surface area contributed by atoms with Gasteiger partial charge in [0.25, 0.3) is 0 Å². The highest BCUT2D eigenvalue weighted by atomic mass is 16.6. The monoisotopic (exact) mass is 511 g/mol. The van der Waals surface area contributed by atoms with Gasteiger partial charge in [-0.05, 0) is 36.6 Å². The summed E-state index contributed by atoms with van der Waals surface area (Å²) in [6.07, 6.45) is -1.63. The quantitative estimate of drug-likeness (QED) is 0.310. The Morgan fingerprint density at radius 2 is 1.34 bits per heavy atom. The average molecular weight is 512 g/mol. The van der Waals surface area contributed by atoms with Crippen LogP contribution in [-0.4, -0.2) is 39.7 Å². The number of carbonyl (C=O) groups is 2. The molecule has 0 aliphatic heterocycles. The first-order valence-corrected chi connectivity index (χ1v) is 12.2. The first kappa shape index (κ1) is 26.5. The summed E-state index contributed by atoms with van der Waals surface area (Å²) in [5.41, 5.74) is 1.47. The Hall–Kier alpha value is -4.56. The zero-order valence-corrected chi connectivity index (χ0v) is 21.2. The van der Waals surface area contributed by atoms with Gasteiger partial charge in [0.1, 0.15) is 6.61 Å².